The predicted octanol–water partition coefficient (Wildman–Crippen LogP) is 3.31. The second-order valence-electron chi connectivity index (χ2n) is 6.52. The molecular formula is C18H24BrNO3. The van der Waals surface area contributed by atoms with E-state index < -0.39 is 0 Å². The van der Waals surface area contributed by atoms with Gasteiger partial charge >= 0.3 is 5.97 Å². The molecule has 4 nitrogen and oxygen atoms in total. The number of esters is 1. The predicted molar refractivity (Wildman–Crippen MR) is 92.6 cm³/mol. The number of ether oxygens (including phenoxy) is 2. The molecule has 4 atom stereocenters. The summed E-state index contributed by atoms with van der Waals surface area (Å²) in [6.07, 6.45) is 4.42. The van der Waals surface area contributed by atoms with Crippen LogP contribution in [0.3, 0.4) is 0 Å². The Bertz CT molecular complexity index is 510. The molecule has 126 valence electrons. The van der Waals surface area contributed by atoms with Crippen molar-refractivity contribution in [2.45, 2.75) is 49.8 Å². The molecule has 0 amide bonds. The molecule has 0 spiro atoms. The molecule has 2 heterocycles. The lowest BCUT2D eigenvalue weighted by molar-refractivity contribution is -0.155. The smallest absolute Gasteiger partial charge is 0.316 e. The molecule has 2 aliphatic heterocycles. The number of nitrogens with zero attached hydrogens (tertiary/aromatic N) is 1. The molecule has 2 fully saturated rings. The molecule has 0 N–H and O–H groups in total. The van der Waals surface area contributed by atoms with Gasteiger partial charge in [0.1, 0.15) is 17.5 Å². The highest BCUT2D eigenvalue weighted by Gasteiger charge is 2.40. The van der Waals surface area contributed by atoms with Crippen molar-refractivity contribution in [3.8, 4) is 0 Å². The zero-order chi connectivity index (χ0) is 16.2. The van der Waals surface area contributed by atoms with Crippen LogP contribution in [0, 0.1) is 0 Å². The van der Waals surface area contributed by atoms with Crippen LogP contribution in [0.5, 0.6) is 0 Å². The molecule has 0 radical (unpaired) electrons. The summed E-state index contributed by atoms with van der Waals surface area (Å²) in [7, 11) is 2.19. The van der Waals surface area contributed by atoms with Gasteiger partial charge in [-0.1, -0.05) is 46.3 Å². The maximum atomic E-state index is 12.7. The van der Waals surface area contributed by atoms with Gasteiger partial charge in [-0.3, -0.25) is 4.79 Å². The van der Waals surface area contributed by atoms with Gasteiger partial charge in [-0.25, -0.2) is 0 Å². The van der Waals surface area contributed by atoms with E-state index >= 15 is 0 Å². The molecule has 5 heteroatoms. The SMILES string of the molecule is CN1[C@@H]2CC[C@H]1C[C@@H](OC(=O)C(COCBr)c1ccccc1)C2. The molecule has 0 aromatic heterocycles. The lowest BCUT2D eigenvalue weighted by atomic mass is 9.98. The molecule has 1 aromatic rings. The van der Waals surface area contributed by atoms with Gasteiger partial charge in [-0.2, -0.15) is 0 Å². The van der Waals surface area contributed by atoms with Gasteiger partial charge in [0.25, 0.3) is 0 Å². The number of fused-ring (bicyclic) bond motifs is 2. The monoisotopic (exact) mass is 381 g/mol. The standard InChI is InChI=1S/C18H24BrNO3/c1-20-14-7-8-15(20)10-16(9-14)23-18(21)17(11-22-12-19)13-5-3-2-4-6-13/h2-6,14-17H,7-12H2,1H3/t14-,15+,16+,17?. The second-order valence-corrected chi connectivity index (χ2v) is 6.98. The number of hydrogen-bond acceptors (Lipinski definition) is 4. The van der Waals surface area contributed by atoms with Crippen LogP contribution in [0.25, 0.3) is 0 Å². The van der Waals surface area contributed by atoms with E-state index in [2.05, 4.69) is 27.9 Å². The molecular weight excluding hydrogens is 358 g/mol. The molecule has 1 unspecified atom stereocenters. The first-order valence-corrected chi connectivity index (χ1v) is 9.42. The van der Waals surface area contributed by atoms with Crippen molar-refractivity contribution in [2.75, 3.05) is 19.2 Å². The molecule has 2 bridgehead atoms. The fraction of sp³-hybridized carbons (Fsp3) is 0.611. The van der Waals surface area contributed by atoms with Crippen molar-refractivity contribution >= 4 is 21.9 Å². The largest absolute Gasteiger partial charge is 0.462 e. The van der Waals surface area contributed by atoms with Gasteiger partial charge in [0.15, 0.2) is 0 Å². The summed E-state index contributed by atoms with van der Waals surface area (Å²) in [5, 5.41) is 0. The summed E-state index contributed by atoms with van der Waals surface area (Å²) < 4.78 is 11.3. The van der Waals surface area contributed by atoms with E-state index in [4.69, 9.17) is 9.47 Å². The van der Waals surface area contributed by atoms with Crippen molar-refractivity contribution < 1.29 is 14.3 Å². The Hall–Kier alpha value is -0.910. The minimum atomic E-state index is -0.356. The summed E-state index contributed by atoms with van der Waals surface area (Å²) in [5.74, 6) is -0.517. The Labute approximate surface area is 146 Å². The van der Waals surface area contributed by atoms with Crippen molar-refractivity contribution in [2.24, 2.45) is 0 Å². The summed E-state index contributed by atoms with van der Waals surface area (Å²) in [5.41, 5.74) is 1.37. The van der Waals surface area contributed by atoms with Gasteiger partial charge < -0.3 is 14.4 Å². The molecule has 1 aromatic carbocycles. The molecule has 2 aliphatic rings. The van der Waals surface area contributed by atoms with Gasteiger partial charge in [0, 0.05) is 12.1 Å². The molecule has 3 rings (SSSR count). The highest BCUT2D eigenvalue weighted by molar-refractivity contribution is 9.09. The van der Waals surface area contributed by atoms with Crippen molar-refractivity contribution in [3.05, 3.63) is 35.9 Å². The van der Waals surface area contributed by atoms with Crippen LogP contribution in [0.1, 0.15) is 37.2 Å². The zero-order valence-corrected chi connectivity index (χ0v) is 15.1. The minimum absolute atomic E-state index is 0.0476. The third-order valence-electron chi connectivity index (χ3n) is 5.19. The lowest BCUT2D eigenvalue weighted by Gasteiger charge is -2.36. The second kappa shape index (κ2) is 7.77. The highest BCUT2D eigenvalue weighted by atomic mass is 79.9. The number of benzene rings is 1. The van der Waals surface area contributed by atoms with Crippen LogP contribution in [0.15, 0.2) is 30.3 Å². The fourth-order valence-electron chi connectivity index (χ4n) is 3.85. The van der Waals surface area contributed by atoms with Crippen molar-refractivity contribution in [1.82, 2.24) is 4.90 Å². The maximum Gasteiger partial charge on any atom is 0.316 e. The van der Waals surface area contributed by atoms with Crippen LogP contribution in [0.2, 0.25) is 0 Å². The third-order valence-corrected chi connectivity index (χ3v) is 5.51. The number of alkyl halides is 1. The molecule has 0 saturated carbocycles. The summed E-state index contributed by atoms with van der Waals surface area (Å²) in [4.78, 5) is 15.2. The fourth-order valence-corrected chi connectivity index (χ4v) is 4.04. The summed E-state index contributed by atoms with van der Waals surface area (Å²) in [6.45, 7) is 0.341. The number of carbonyl (C=O) groups is 1. The number of halogens is 1. The first-order valence-electron chi connectivity index (χ1n) is 8.30. The van der Waals surface area contributed by atoms with Crippen LogP contribution in [-0.2, 0) is 14.3 Å². The van der Waals surface area contributed by atoms with Crippen molar-refractivity contribution in [3.63, 3.8) is 0 Å². The molecule has 2 saturated heterocycles. The summed E-state index contributed by atoms with van der Waals surface area (Å²) >= 11 is 3.25. The first-order chi connectivity index (χ1) is 11.2. The van der Waals surface area contributed by atoms with Crippen LogP contribution >= 0.6 is 15.9 Å². The van der Waals surface area contributed by atoms with Gasteiger partial charge in [-0.05, 0) is 38.3 Å². The zero-order valence-electron chi connectivity index (χ0n) is 13.5. The van der Waals surface area contributed by atoms with E-state index in [1.165, 1.54) is 12.8 Å². The van der Waals surface area contributed by atoms with Gasteiger partial charge in [-0.15, -0.1) is 0 Å². The number of hydrogen-bond donors (Lipinski definition) is 0. The first kappa shape index (κ1) is 16.9. The van der Waals surface area contributed by atoms with E-state index in [1.54, 1.807) is 0 Å². The van der Waals surface area contributed by atoms with Crippen LogP contribution < -0.4 is 0 Å². The quantitative estimate of drug-likeness (QED) is 0.559. The van der Waals surface area contributed by atoms with E-state index in [-0.39, 0.29) is 18.0 Å². The van der Waals surface area contributed by atoms with Crippen LogP contribution in [-0.4, -0.2) is 48.2 Å². The Balaban J connectivity index is 1.64. The summed E-state index contributed by atoms with van der Waals surface area (Å²) in [6, 6.07) is 10.9. The Kier molecular flexibility index (Phi) is 5.72. The highest BCUT2D eigenvalue weighted by Crippen LogP contribution is 2.36. The van der Waals surface area contributed by atoms with Crippen molar-refractivity contribution in [1.29, 1.82) is 0 Å². The lowest BCUT2D eigenvalue weighted by Crippen LogP contribution is -2.43. The number of piperidine rings is 1. The van der Waals surface area contributed by atoms with E-state index in [1.807, 2.05) is 30.3 Å². The van der Waals surface area contributed by atoms with Gasteiger partial charge in [0.2, 0.25) is 0 Å². The number of rotatable bonds is 6. The Morgan fingerprint density at radius 2 is 1.91 bits per heavy atom. The van der Waals surface area contributed by atoms with E-state index in [0.29, 0.717) is 24.2 Å². The Morgan fingerprint density at radius 3 is 2.52 bits per heavy atom. The van der Waals surface area contributed by atoms with Crippen LogP contribution in [0.4, 0.5) is 0 Å². The average Bonchev–Trinajstić information content (AvgIpc) is 2.77. The number of carbonyl (C=O) groups excluding carboxylic acids is 1. The topological polar surface area (TPSA) is 38.8 Å². The molecule has 23 heavy (non-hydrogen) atoms. The van der Waals surface area contributed by atoms with E-state index in [0.717, 1.165) is 18.4 Å². The third kappa shape index (κ3) is 3.95. The maximum absolute atomic E-state index is 12.7. The Morgan fingerprint density at radius 1 is 1.26 bits per heavy atom. The van der Waals surface area contributed by atoms with Gasteiger partial charge in [0.05, 0.1) is 6.61 Å². The van der Waals surface area contributed by atoms with E-state index in [9.17, 15) is 4.79 Å². The molecule has 0 aliphatic carbocycles. The normalized spacial score (nSPS) is 28.5. The minimum Gasteiger partial charge on any atom is -0.462 e. The average molecular weight is 382 g/mol.